The molecule has 25 heavy (non-hydrogen) atoms. The minimum atomic E-state index is -0.668. The molecule has 128 valence electrons. The SMILES string of the molecule is O=C(N/N=C\c1cc2c(cc1[N+](=O)[O-])OCO2)c1cc(Br)ccc1O. The number of carbonyl (C=O) groups is 1. The van der Waals surface area contributed by atoms with Crippen molar-refractivity contribution in [3.8, 4) is 17.2 Å². The third kappa shape index (κ3) is 3.53. The highest BCUT2D eigenvalue weighted by Crippen LogP contribution is 2.37. The maximum Gasteiger partial charge on any atom is 0.282 e. The zero-order valence-corrected chi connectivity index (χ0v) is 14.0. The van der Waals surface area contributed by atoms with E-state index in [1.54, 1.807) is 6.07 Å². The summed E-state index contributed by atoms with van der Waals surface area (Å²) in [5.74, 6) is -0.265. The number of fused-ring (bicyclic) bond motifs is 1. The third-order valence-corrected chi connectivity index (χ3v) is 3.78. The van der Waals surface area contributed by atoms with Crippen LogP contribution in [0.1, 0.15) is 15.9 Å². The predicted octanol–water partition coefficient (Wildman–Crippen LogP) is 2.56. The van der Waals surface area contributed by atoms with Crippen LogP contribution < -0.4 is 14.9 Å². The molecule has 1 amide bonds. The molecule has 0 fully saturated rings. The Morgan fingerprint density at radius 2 is 2.04 bits per heavy atom. The quantitative estimate of drug-likeness (QED) is 0.455. The first-order valence-electron chi connectivity index (χ1n) is 6.85. The fraction of sp³-hybridized carbons (Fsp3) is 0.0667. The first kappa shape index (κ1) is 16.7. The summed E-state index contributed by atoms with van der Waals surface area (Å²) in [6, 6.07) is 6.97. The molecule has 0 aliphatic carbocycles. The Balaban J connectivity index is 1.81. The van der Waals surface area contributed by atoms with Crippen LogP contribution in [0.5, 0.6) is 17.2 Å². The monoisotopic (exact) mass is 407 g/mol. The van der Waals surface area contributed by atoms with Crippen LogP contribution in [0, 0.1) is 10.1 Å². The molecule has 0 unspecified atom stereocenters. The van der Waals surface area contributed by atoms with Gasteiger partial charge in [-0.15, -0.1) is 0 Å². The van der Waals surface area contributed by atoms with Gasteiger partial charge in [-0.05, 0) is 24.3 Å². The molecule has 9 nitrogen and oxygen atoms in total. The van der Waals surface area contributed by atoms with Gasteiger partial charge in [0.05, 0.1) is 28.3 Å². The number of hydrazone groups is 1. The normalized spacial score (nSPS) is 12.4. The van der Waals surface area contributed by atoms with Gasteiger partial charge in [-0.2, -0.15) is 5.10 Å². The van der Waals surface area contributed by atoms with E-state index in [9.17, 15) is 20.0 Å². The van der Waals surface area contributed by atoms with Crippen molar-refractivity contribution in [2.45, 2.75) is 0 Å². The predicted molar refractivity (Wildman–Crippen MR) is 90.1 cm³/mol. The number of amides is 1. The molecule has 0 aromatic heterocycles. The summed E-state index contributed by atoms with van der Waals surface area (Å²) >= 11 is 3.19. The Morgan fingerprint density at radius 3 is 2.76 bits per heavy atom. The summed E-state index contributed by atoms with van der Waals surface area (Å²) in [6.45, 7) is -0.0218. The number of nitrogens with one attached hydrogen (secondary N) is 1. The lowest BCUT2D eigenvalue weighted by Gasteiger charge is -2.04. The van der Waals surface area contributed by atoms with Crippen LogP contribution in [0.3, 0.4) is 0 Å². The van der Waals surface area contributed by atoms with Gasteiger partial charge in [-0.3, -0.25) is 14.9 Å². The number of ether oxygens (including phenoxy) is 2. The van der Waals surface area contributed by atoms with Crippen molar-refractivity contribution in [3.63, 3.8) is 0 Å². The number of phenolic OH excluding ortho intramolecular Hbond substituents is 1. The van der Waals surface area contributed by atoms with Crippen LogP contribution in [-0.4, -0.2) is 28.9 Å². The van der Waals surface area contributed by atoms with Gasteiger partial charge in [0.1, 0.15) is 5.75 Å². The number of nitro benzene ring substituents is 1. The summed E-state index contributed by atoms with van der Waals surface area (Å²) in [6.07, 6.45) is 1.12. The largest absolute Gasteiger partial charge is 0.507 e. The van der Waals surface area contributed by atoms with Gasteiger partial charge in [0.25, 0.3) is 11.6 Å². The van der Waals surface area contributed by atoms with E-state index in [1.807, 2.05) is 0 Å². The van der Waals surface area contributed by atoms with Crippen LogP contribution in [-0.2, 0) is 0 Å². The van der Waals surface area contributed by atoms with Crippen molar-refractivity contribution in [3.05, 3.63) is 56.0 Å². The fourth-order valence-electron chi connectivity index (χ4n) is 2.12. The molecule has 2 aromatic rings. The Bertz CT molecular complexity index is 899. The molecule has 10 heteroatoms. The minimum absolute atomic E-state index is 0.00621. The van der Waals surface area contributed by atoms with Gasteiger partial charge in [-0.25, -0.2) is 5.43 Å². The van der Waals surface area contributed by atoms with Crippen LogP contribution in [0.15, 0.2) is 39.9 Å². The van der Waals surface area contributed by atoms with E-state index < -0.39 is 10.8 Å². The van der Waals surface area contributed by atoms with Crippen LogP contribution >= 0.6 is 15.9 Å². The first-order chi connectivity index (χ1) is 12.0. The van der Waals surface area contributed by atoms with Crippen LogP contribution in [0.4, 0.5) is 5.69 Å². The van der Waals surface area contributed by atoms with Gasteiger partial charge in [-0.1, -0.05) is 15.9 Å². The number of nitrogens with zero attached hydrogens (tertiary/aromatic N) is 2. The smallest absolute Gasteiger partial charge is 0.282 e. The van der Waals surface area contributed by atoms with E-state index in [4.69, 9.17) is 9.47 Å². The molecule has 2 N–H and O–H groups in total. The topological polar surface area (TPSA) is 123 Å². The Morgan fingerprint density at radius 1 is 1.32 bits per heavy atom. The maximum absolute atomic E-state index is 12.0. The average molecular weight is 408 g/mol. The Labute approximate surface area is 149 Å². The van der Waals surface area contributed by atoms with Gasteiger partial charge in [0, 0.05) is 4.47 Å². The number of phenols is 1. The highest BCUT2D eigenvalue weighted by Gasteiger charge is 2.22. The number of nitro groups is 1. The molecule has 0 atom stereocenters. The van der Waals surface area contributed by atoms with Crippen molar-refractivity contribution in [2.75, 3.05) is 6.79 Å². The molecule has 0 saturated heterocycles. The third-order valence-electron chi connectivity index (χ3n) is 3.29. The molecule has 2 aromatic carbocycles. The highest BCUT2D eigenvalue weighted by atomic mass is 79.9. The van der Waals surface area contributed by atoms with Gasteiger partial charge in [0.2, 0.25) is 6.79 Å². The van der Waals surface area contributed by atoms with E-state index >= 15 is 0 Å². The standard InChI is InChI=1S/C15H10BrN3O6/c16-9-1-2-12(20)10(4-9)15(21)18-17-6-8-3-13-14(25-7-24-13)5-11(8)19(22)23/h1-6,20H,7H2,(H,18,21)/b17-6-. The van der Waals surface area contributed by atoms with E-state index in [0.29, 0.717) is 10.2 Å². The zero-order chi connectivity index (χ0) is 18.0. The van der Waals surface area contributed by atoms with Gasteiger partial charge >= 0.3 is 0 Å². The second-order valence-electron chi connectivity index (χ2n) is 4.88. The number of hydrogen-bond acceptors (Lipinski definition) is 7. The van der Waals surface area contributed by atoms with Crippen molar-refractivity contribution < 1.29 is 24.3 Å². The number of halogens is 1. The van der Waals surface area contributed by atoms with Gasteiger partial charge < -0.3 is 14.6 Å². The van der Waals surface area contributed by atoms with Crippen LogP contribution in [0.2, 0.25) is 0 Å². The molecule has 0 bridgehead atoms. The lowest BCUT2D eigenvalue weighted by Crippen LogP contribution is -2.17. The molecular formula is C15H10BrN3O6. The van der Waals surface area contributed by atoms with Crippen molar-refractivity contribution in [2.24, 2.45) is 5.10 Å². The van der Waals surface area contributed by atoms with E-state index in [1.165, 1.54) is 24.3 Å². The van der Waals surface area contributed by atoms with Crippen LogP contribution in [0.25, 0.3) is 0 Å². The molecular weight excluding hydrogens is 398 g/mol. The summed E-state index contributed by atoms with van der Waals surface area (Å²) in [7, 11) is 0. The minimum Gasteiger partial charge on any atom is -0.507 e. The molecule has 0 saturated carbocycles. The van der Waals surface area contributed by atoms with Gasteiger partial charge in [0.15, 0.2) is 11.5 Å². The first-order valence-corrected chi connectivity index (χ1v) is 7.65. The molecule has 0 radical (unpaired) electrons. The number of hydrogen-bond donors (Lipinski definition) is 2. The molecule has 1 aliphatic heterocycles. The summed E-state index contributed by atoms with van der Waals surface area (Å²) in [4.78, 5) is 22.6. The maximum atomic E-state index is 12.0. The van der Waals surface area contributed by atoms with Crippen molar-refractivity contribution >= 4 is 33.7 Å². The van der Waals surface area contributed by atoms with Crippen molar-refractivity contribution in [1.29, 1.82) is 0 Å². The fourth-order valence-corrected chi connectivity index (χ4v) is 2.48. The summed E-state index contributed by atoms with van der Waals surface area (Å²) in [5, 5.41) is 24.5. The summed E-state index contributed by atoms with van der Waals surface area (Å²) in [5.41, 5.74) is 2.10. The second-order valence-corrected chi connectivity index (χ2v) is 5.80. The molecule has 3 rings (SSSR count). The number of carbonyl (C=O) groups excluding carboxylic acids is 1. The average Bonchev–Trinajstić information content (AvgIpc) is 3.03. The number of aromatic hydroxyl groups is 1. The Kier molecular flexibility index (Phi) is 4.52. The number of rotatable bonds is 4. The zero-order valence-electron chi connectivity index (χ0n) is 12.4. The summed E-state index contributed by atoms with van der Waals surface area (Å²) < 4.78 is 10.9. The van der Waals surface area contributed by atoms with E-state index in [2.05, 4.69) is 26.5 Å². The van der Waals surface area contributed by atoms with Crippen molar-refractivity contribution in [1.82, 2.24) is 5.43 Å². The number of benzene rings is 2. The molecule has 1 aliphatic rings. The molecule has 0 spiro atoms. The Hall–Kier alpha value is -3.14. The van der Waals surface area contributed by atoms with E-state index in [0.717, 1.165) is 6.21 Å². The lowest BCUT2D eigenvalue weighted by molar-refractivity contribution is -0.385. The second kappa shape index (κ2) is 6.77. The van der Waals surface area contributed by atoms with E-state index in [-0.39, 0.29) is 35.1 Å². The highest BCUT2D eigenvalue weighted by molar-refractivity contribution is 9.10. The molecule has 1 heterocycles. The lowest BCUT2D eigenvalue weighted by atomic mass is 10.1.